The van der Waals surface area contributed by atoms with Crippen LogP contribution >= 0.6 is 0 Å². The van der Waals surface area contributed by atoms with Gasteiger partial charge in [-0.25, -0.2) is 4.31 Å². The average molecular weight is 295 g/mol. The maximum atomic E-state index is 11.6. The van der Waals surface area contributed by atoms with Crippen LogP contribution in [0, 0.1) is 0 Å². The zero-order valence-electron chi connectivity index (χ0n) is 12.3. The molecule has 1 aliphatic heterocycles. The number of rotatable bonds is 2. The molecule has 5 heteroatoms. The third-order valence-electron chi connectivity index (χ3n) is 3.16. The highest BCUT2D eigenvalue weighted by molar-refractivity contribution is 7.87. The van der Waals surface area contributed by atoms with Gasteiger partial charge in [0.15, 0.2) is 0 Å². The maximum absolute atomic E-state index is 11.6. The Bertz CT molecular complexity index is 630. The lowest BCUT2D eigenvalue weighted by Gasteiger charge is -2.24. The van der Waals surface area contributed by atoms with Gasteiger partial charge in [-0.1, -0.05) is 58.5 Å². The van der Waals surface area contributed by atoms with E-state index in [0.29, 0.717) is 11.4 Å². The average Bonchev–Trinajstić information content (AvgIpc) is 2.61. The third kappa shape index (κ3) is 2.64. The Morgan fingerprint density at radius 3 is 2.30 bits per heavy atom. The van der Waals surface area contributed by atoms with Crippen LogP contribution in [0.2, 0.25) is 0 Å². The van der Waals surface area contributed by atoms with Gasteiger partial charge < -0.3 is 0 Å². The molecule has 1 heterocycles. The highest BCUT2D eigenvalue weighted by atomic mass is 32.2. The Kier molecular flexibility index (Phi) is 4.78. The van der Waals surface area contributed by atoms with Gasteiger partial charge in [-0.3, -0.25) is 4.55 Å². The molecule has 0 saturated heterocycles. The van der Waals surface area contributed by atoms with Crippen LogP contribution in [0.5, 0.6) is 0 Å². The molecule has 0 atom stereocenters. The van der Waals surface area contributed by atoms with Crippen LogP contribution in [0.4, 0.5) is 5.69 Å². The minimum atomic E-state index is -4.34. The van der Waals surface area contributed by atoms with E-state index < -0.39 is 15.7 Å². The molecule has 4 nitrogen and oxygen atoms in total. The Balaban J connectivity index is 0.000000956. The van der Waals surface area contributed by atoms with Crippen molar-refractivity contribution in [3.8, 4) is 0 Å². The first-order chi connectivity index (χ1) is 9.30. The number of hydrogen-bond acceptors (Lipinski definition) is 2. The first kappa shape index (κ1) is 16.5. The lowest BCUT2D eigenvalue weighted by atomic mass is 9.84. The van der Waals surface area contributed by atoms with E-state index in [9.17, 15) is 13.0 Å². The summed E-state index contributed by atoms with van der Waals surface area (Å²) < 4.78 is 33.5. The van der Waals surface area contributed by atoms with Crippen LogP contribution in [-0.4, -0.2) is 13.0 Å². The lowest BCUT2D eigenvalue weighted by molar-refractivity contribution is 0.479. The van der Waals surface area contributed by atoms with Gasteiger partial charge in [0.05, 0.1) is 5.69 Å². The molecule has 0 aliphatic carbocycles. The molecular weight excluding hydrogens is 274 g/mol. The molecule has 2 rings (SSSR count). The van der Waals surface area contributed by atoms with Crippen LogP contribution in [0.15, 0.2) is 48.7 Å². The summed E-state index contributed by atoms with van der Waals surface area (Å²) in [6.07, 6.45) is 3.12. The number of fused-ring (bicyclic) bond motifs is 1. The molecule has 0 amide bonds. The van der Waals surface area contributed by atoms with E-state index in [0.717, 1.165) is 9.87 Å². The number of nitrogens with zero attached hydrogens (tertiary/aromatic N) is 1. The molecule has 0 spiro atoms. The highest BCUT2D eigenvalue weighted by Crippen LogP contribution is 2.48. The minimum absolute atomic E-state index is 0.484. The van der Waals surface area contributed by atoms with Crippen LogP contribution < -0.4 is 4.31 Å². The summed E-state index contributed by atoms with van der Waals surface area (Å²) in [5.74, 6) is 0. The summed E-state index contributed by atoms with van der Waals surface area (Å²) in [6, 6.07) is 7.12. The second-order valence-electron chi connectivity index (χ2n) is 4.67. The normalized spacial score (nSPS) is 18.2. The zero-order valence-corrected chi connectivity index (χ0v) is 13.1. The molecule has 0 saturated carbocycles. The first-order valence-electron chi connectivity index (χ1n) is 6.50. The molecule has 1 aromatic rings. The minimum Gasteiger partial charge on any atom is -0.269 e. The standard InChI is InChI=1S/C13H15NO3S.C2H6/c1-4-7-12-13(2,3)10-8-5-6-9-11(10)14(12)18(15,16)17;1-2/h4-9H,1H2,2-3H3,(H,15,16,17);1-2H3/b12-7-;. The van der Waals surface area contributed by atoms with E-state index in [-0.39, 0.29) is 0 Å². The van der Waals surface area contributed by atoms with Gasteiger partial charge in [0, 0.05) is 11.1 Å². The predicted molar refractivity (Wildman–Crippen MR) is 83.1 cm³/mol. The van der Waals surface area contributed by atoms with Gasteiger partial charge in [0.1, 0.15) is 0 Å². The molecule has 20 heavy (non-hydrogen) atoms. The van der Waals surface area contributed by atoms with Crippen LogP contribution in [0.25, 0.3) is 0 Å². The Morgan fingerprint density at radius 2 is 1.80 bits per heavy atom. The summed E-state index contributed by atoms with van der Waals surface area (Å²) in [5.41, 5.74) is 1.33. The summed E-state index contributed by atoms with van der Waals surface area (Å²) in [6.45, 7) is 11.4. The lowest BCUT2D eigenvalue weighted by Crippen LogP contribution is -2.31. The third-order valence-corrected chi connectivity index (χ3v) is 4.02. The van der Waals surface area contributed by atoms with Crippen molar-refractivity contribution in [3.05, 3.63) is 54.3 Å². The molecule has 0 aromatic heterocycles. The predicted octanol–water partition coefficient (Wildman–Crippen LogP) is 3.68. The number of hydrogen-bond donors (Lipinski definition) is 1. The van der Waals surface area contributed by atoms with E-state index in [2.05, 4.69) is 6.58 Å². The van der Waals surface area contributed by atoms with Crippen molar-refractivity contribution in [1.82, 2.24) is 0 Å². The molecule has 0 unspecified atom stereocenters. The molecule has 1 N–H and O–H groups in total. The zero-order chi connectivity index (χ0) is 15.6. The SMILES string of the molecule is C=C/C=C1\N(S(=O)(=O)O)c2ccccc2C1(C)C.CC. The van der Waals surface area contributed by atoms with Crippen LogP contribution in [-0.2, 0) is 15.7 Å². The Labute approximate surface area is 121 Å². The van der Waals surface area contributed by atoms with Gasteiger partial charge in [-0.2, -0.15) is 8.42 Å². The van der Waals surface area contributed by atoms with Gasteiger partial charge >= 0.3 is 10.3 Å². The van der Waals surface area contributed by atoms with Crippen LogP contribution in [0.1, 0.15) is 33.3 Å². The van der Waals surface area contributed by atoms with Gasteiger partial charge in [0.2, 0.25) is 0 Å². The number of benzene rings is 1. The van der Waals surface area contributed by atoms with Crippen molar-refractivity contribution in [2.75, 3.05) is 4.31 Å². The molecule has 0 bridgehead atoms. The molecule has 110 valence electrons. The van der Waals surface area contributed by atoms with Crippen molar-refractivity contribution in [2.45, 2.75) is 33.1 Å². The van der Waals surface area contributed by atoms with Crippen molar-refractivity contribution >= 4 is 16.0 Å². The summed E-state index contributed by atoms with van der Waals surface area (Å²) in [4.78, 5) is 0. The fraction of sp³-hybridized carbons (Fsp3) is 0.333. The first-order valence-corrected chi connectivity index (χ1v) is 7.90. The summed E-state index contributed by atoms with van der Waals surface area (Å²) >= 11 is 0. The van der Waals surface area contributed by atoms with E-state index in [1.54, 1.807) is 18.2 Å². The fourth-order valence-corrected chi connectivity index (χ4v) is 3.28. The summed E-state index contributed by atoms with van der Waals surface area (Å²) in [5, 5.41) is 0. The fourth-order valence-electron chi connectivity index (χ4n) is 2.34. The second kappa shape index (κ2) is 5.81. The van der Waals surface area contributed by atoms with Crippen molar-refractivity contribution in [2.24, 2.45) is 0 Å². The second-order valence-corrected chi connectivity index (χ2v) is 5.93. The van der Waals surface area contributed by atoms with E-state index >= 15 is 0 Å². The molecular formula is C15H21NO3S. The van der Waals surface area contributed by atoms with Crippen molar-refractivity contribution in [3.63, 3.8) is 0 Å². The Morgan fingerprint density at radius 1 is 1.25 bits per heavy atom. The number of para-hydroxylation sites is 1. The number of allylic oxidation sites excluding steroid dienone is 3. The molecule has 0 radical (unpaired) electrons. The topological polar surface area (TPSA) is 57.6 Å². The Hall–Kier alpha value is -1.59. The quantitative estimate of drug-likeness (QED) is 0.847. The largest absolute Gasteiger partial charge is 0.364 e. The summed E-state index contributed by atoms with van der Waals surface area (Å²) in [7, 11) is -4.34. The van der Waals surface area contributed by atoms with Gasteiger partial charge in [-0.15, -0.1) is 0 Å². The molecule has 0 fully saturated rings. The smallest absolute Gasteiger partial charge is 0.269 e. The maximum Gasteiger partial charge on any atom is 0.364 e. The van der Waals surface area contributed by atoms with E-state index in [1.807, 2.05) is 39.8 Å². The van der Waals surface area contributed by atoms with Gasteiger partial charge in [-0.05, 0) is 17.7 Å². The van der Waals surface area contributed by atoms with Crippen molar-refractivity contribution in [1.29, 1.82) is 0 Å². The monoisotopic (exact) mass is 295 g/mol. The van der Waals surface area contributed by atoms with Gasteiger partial charge in [0.25, 0.3) is 0 Å². The van der Waals surface area contributed by atoms with E-state index in [1.165, 1.54) is 6.08 Å². The van der Waals surface area contributed by atoms with E-state index in [4.69, 9.17) is 0 Å². The molecule has 1 aromatic carbocycles. The molecule has 1 aliphatic rings. The van der Waals surface area contributed by atoms with Crippen molar-refractivity contribution < 1.29 is 13.0 Å². The highest BCUT2D eigenvalue weighted by Gasteiger charge is 2.44. The number of anilines is 1. The van der Waals surface area contributed by atoms with Crippen LogP contribution in [0.3, 0.4) is 0 Å².